The number of nitrogen functional groups attached to an aromatic ring is 1. The molecular weight excluding hydrogens is 269 g/mol. The van der Waals surface area contributed by atoms with Gasteiger partial charge in [-0.2, -0.15) is 0 Å². The van der Waals surface area contributed by atoms with Gasteiger partial charge in [-0.05, 0) is 18.9 Å². The van der Waals surface area contributed by atoms with Crippen LogP contribution in [0.3, 0.4) is 0 Å². The van der Waals surface area contributed by atoms with Gasteiger partial charge in [0, 0.05) is 13.2 Å². The lowest BCUT2D eigenvalue weighted by Crippen LogP contribution is -2.32. The topological polar surface area (TPSA) is 107 Å². The number of hydrogen-bond acceptors (Lipinski definition) is 5. The van der Waals surface area contributed by atoms with Crippen LogP contribution in [0.1, 0.15) is 23.2 Å². The van der Waals surface area contributed by atoms with Crippen molar-refractivity contribution in [3.05, 3.63) is 33.6 Å². The summed E-state index contributed by atoms with van der Waals surface area (Å²) in [5.74, 6) is -1.59. The second-order valence-corrected chi connectivity index (χ2v) is 4.49. The van der Waals surface area contributed by atoms with Gasteiger partial charge < -0.3 is 15.8 Å². The largest absolute Gasteiger partial charge is 0.396 e. The van der Waals surface area contributed by atoms with E-state index >= 15 is 0 Å². The Morgan fingerprint density at radius 2 is 2.35 bits per heavy atom. The molecule has 0 spiro atoms. The molecule has 0 aliphatic carbocycles. The van der Waals surface area contributed by atoms with Gasteiger partial charge in [-0.3, -0.25) is 14.9 Å². The maximum atomic E-state index is 13.2. The minimum absolute atomic E-state index is 0.0872. The van der Waals surface area contributed by atoms with Gasteiger partial charge in [0.1, 0.15) is 5.56 Å². The van der Waals surface area contributed by atoms with Crippen molar-refractivity contribution in [2.24, 2.45) is 0 Å². The first-order valence-electron chi connectivity index (χ1n) is 6.12. The average molecular weight is 283 g/mol. The third-order valence-corrected chi connectivity index (χ3v) is 3.07. The molecule has 1 atom stereocenters. The third-order valence-electron chi connectivity index (χ3n) is 3.07. The Hall–Kier alpha value is -2.22. The first kappa shape index (κ1) is 14.2. The fraction of sp³-hybridized carbons (Fsp3) is 0.417. The highest BCUT2D eigenvalue weighted by atomic mass is 19.1. The number of anilines is 1. The predicted octanol–water partition coefficient (Wildman–Crippen LogP) is 1.22. The van der Waals surface area contributed by atoms with Crippen LogP contribution >= 0.6 is 0 Å². The lowest BCUT2D eigenvalue weighted by atomic mass is 10.1. The molecule has 108 valence electrons. The number of carbonyl (C=O) groups is 1. The van der Waals surface area contributed by atoms with Crippen molar-refractivity contribution in [1.82, 2.24) is 5.32 Å². The number of amides is 1. The second-order valence-electron chi connectivity index (χ2n) is 4.49. The summed E-state index contributed by atoms with van der Waals surface area (Å²) < 4.78 is 18.6. The van der Waals surface area contributed by atoms with E-state index in [1.165, 1.54) is 0 Å². The normalized spacial score (nSPS) is 17.9. The van der Waals surface area contributed by atoms with Crippen LogP contribution in [0.15, 0.2) is 12.1 Å². The first-order chi connectivity index (χ1) is 9.49. The molecule has 1 aliphatic rings. The molecule has 8 heteroatoms. The molecule has 0 aromatic heterocycles. The number of nitrogens with two attached hydrogens (primary N) is 1. The number of nitrogens with zero attached hydrogens (tertiary/aromatic N) is 1. The summed E-state index contributed by atoms with van der Waals surface area (Å²) in [4.78, 5) is 22.0. The minimum Gasteiger partial charge on any atom is -0.396 e. The molecule has 20 heavy (non-hydrogen) atoms. The molecule has 0 bridgehead atoms. The van der Waals surface area contributed by atoms with Crippen molar-refractivity contribution in [1.29, 1.82) is 0 Å². The van der Waals surface area contributed by atoms with E-state index in [0.717, 1.165) is 18.9 Å². The molecule has 1 aromatic carbocycles. The number of nitrogens with one attached hydrogen (secondary N) is 1. The Morgan fingerprint density at radius 3 is 2.95 bits per heavy atom. The summed E-state index contributed by atoms with van der Waals surface area (Å²) in [6.45, 7) is 0.900. The van der Waals surface area contributed by atoms with Gasteiger partial charge in [0.2, 0.25) is 0 Å². The van der Waals surface area contributed by atoms with Crippen LogP contribution in [-0.4, -0.2) is 30.1 Å². The summed E-state index contributed by atoms with van der Waals surface area (Å²) in [7, 11) is 0. The molecule has 1 heterocycles. The molecular formula is C12H14FN3O4. The predicted molar refractivity (Wildman–Crippen MR) is 68.8 cm³/mol. The molecule has 7 nitrogen and oxygen atoms in total. The number of ether oxygens (including phenoxy) is 1. The van der Waals surface area contributed by atoms with E-state index in [2.05, 4.69) is 5.32 Å². The van der Waals surface area contributed by atoms with Crippen LogP contribution in [0, 0.1) is 15.9 Å². The maximum Gasteiger partial charge on any atom is 0.285 e. The summed E-state index contributed by atoms with van der Waals surface area (Å²) in [6, 6.07) is 1.62. The number of rotatable bonds is 4. The Labute approximate surface area is 114 Å². The smallest absolute Gasteiger partial charge is 0.285 e. The molecule has 3 N–H and O–H groups in total. The van der Waals surface area contributed by atoms with Crippen molar-refractivity contribution in [3.63, 3.8) is 0 Å². The number of nitro benzene ring substituents is 1. The van der Waals surface area contributed by atoms with Gasteiger partial charge in [-0.25, -0.2) is 4.39 Å². The number of halogens is 1. The summed E-state index contributed by atoms with van der Waals surface area (Å²) >= 11 is 0. The highest BCUT2D eigenvalue weighted by molar-refractivity contribution is 5.99. The van der Waals surface area contributed by atoms with Gasteiger partial charge in [0.15, 0.2) is 5.82 Å². The Bertz CT molecular complexity index is 544. The van der Waals surface area contributed by atoms with E-state index < -0.39 is 22.3 Å². The fourth-order valence-electron chi connectivity index (χ4n) is 2.02. The minimum atomic E-state index is -0.924. The van der Waals surface area contributed by atoms with E-state index in [4.69, 9.17) is 10.5 Å². The Kier molecular flexibility index (Phi) is 4.14. The number of hydrogen-bond donors (Lipinski definition) is 2. The Balaban J connectivity index is 2.15. The monoisotopic (exact) mass is 283 g/mol. The van der Waals surface area contributed by atoms with E-state index in [1.54, 1.807) is 0 Å². The van der Waals surface area contributed by atoms with Crippen LogP contribution in [0.4, 0.5) is 15.8 Å². The quantitative estimate of drug-likeness (QED) is 0.491. The van der Waals surface area contributed by atoms with Gasteiger partial charge in [0.25, 0.3) is 11.6 Å². The molecule has 1 unspecified atom stereocenters. The zero-order valence-corrected chi connectivity index (χ0v) is 10.6. The van der Waals surface area contributed by atoms with Crippen LogP contribution in [0.2, 0.25) is 0 Å². The van der Waals surface area contributed by atoms with Crippen molar-refractivity contribution < 1.29 is 18.8 Å². The highest BCUT2D eigenvalue weighted by Crippen LogP contribution is 2.24. The second kappa shape index (κ2) is 5.83. The van der Waals surface area contributed by atoms with Crippen LogP contribution in [-0.2, 0) is 4.74 Å². The molecule has 0 saturated carbocycles. The molecule has 1 amide bonds. The number of benzene rings is 1. The van der Waals surface area contributed by atoms with Gasteiger partial charge in [0.05, 0.1) is 22.8 Å². The van der Waals surface area contributed by atoms with E-state index in [9.17, 15) is 19.3 Å². The molecule has 0 radical (unpaired) electrons. The zero-order valence-electron chi connectivity index (χ0n) is 10.6. The molecule has 1 aromatic rings. The molecule has 1 fully saturated rings. The standard InChI is InChI=1S/C12H14FN3O4/c13-9-5-11(16(18)19)8(4-10(9)14)12(17)15-6-7-2-1-3-20-7/h4-5,7H,1-3,6,14H2,(H,15,17). The lowest BCUT2D eigenvalue weighted by Gasteiger charge is -2.11. The van der Waals surface area contributed by atoms with E-state index in [0.29, 0.717) is 12.7 Å². The Morgan fingerprint density at radius 1 is 1.60 bits per heavy atom. The lowest BCUT2D eigenvalue weighted by molar-refractivity contribution is -0.385. The molecule has 1 aliphatic heterocycles. The zero-order chi connectivity index (χ0) is 14.7. The van der Waals surface area contributed by atoms with E-state index in [-0.39, 0.29) is 23.9 Å². The summed E-state index contributed by atoms with van der Waals surface area (Å²) in [6.07, 6.45) is 1.66. The fourth-order valence-corrected chi connectivity index (χ4v) is 2.02. The van der Waals surface area contributed by atoms with Crippen molar-refractivity contribution in [2.45, 2.75) is 18.9 Å². The third kappa shape index (κ3) is 3.02. The van der Waals surface area contributed by atoms with Crippen LogP contribution < -0.4 is 11.1 Å². The summed E-state index contributed by atoms with van der Waals surface area (Å²) in [5, 5.41) is 13.4. The number of nitro groups is 1. The van der Waals surface area contributed by atoms with Crippen LogP contribution in [0.25, 0.3) is 0 Å². The van der Waals surface area contributed by atoms with E-state index in [1.807, 2.05) is 0 Å². The van der Waals surface area contributed by atoms with Gasteiger partial charge in [-0.15, -0.1) is 0 Å². The van der Waals surface area contributed by atoms with Gasteiger partial charge >= 0.3 is 0 Å². The SMILES string of the molecule is Nc1cc(C(=O)NCC2CCCO2)c([N+](=O)[O-])cc1F. The first-order valence-corrected chi connectivity index (χ1v) is 6.12. The van der Waals surface area contributed by atoms with Crippen molar-refractivity contribution in [3.8, 4) is 0 Å². The van der Waals surface area contributed by atoms with Crippen molar-refractivity contribution >= 4 is 17.3 Å². The number of carbonyl (C=O) groups excluding carboxylic acids is 1. The maximum absolute atomic E-state index is 13.2. The molecule has 1 saturated heterocycles. The van der Waals surface area contributed by atoms with Crippen LogP contribution in [0.5, 0.6) is 0 Å². The molecule has 2 rings (SSSR count). The average Bonchev–Trinajstić information content (AvgIpc) is 2.91. The van der Waals surface area contributed by atoms with Crippen molar-refractivity contribution in [2.75, 3.05) is 18.9 Å². The summed E-state index contributed by atoms with van der Waals surface area (Å²) in [5.41, 5.74) is 4.17. The van der Waals surface area contributed by atoms with Gasteiger partial charge in [-0.1, -0.05) is 0 Å². The highest BCUT2D eigenvalue weighted by Gasteiger charge is 2.24.